The Bertz CT molecular complexity index is 14.4. The molecule has 0 aliphatic heterocycles. The Balaban J connectivity index is -0.000000000139. The molecular weight excluding hydrogens is 290 g/mol. The molecule has 0 saturated heterocycles. The fourth-order valence-electron chi connectivity index (χ4n) is 0. The molecule has 0 rings (SSSR count). The van der Waals surface area contributed by atoms with Crippen molar-refractivity contribution < 1.29 is 65.4 Å². The molecule has 4 heteroatoms. The summed E-state index contributed by atoms with van der Waals surface area (Å²) in [6, 6.07) is 0. The first-order valence-corrected chi connectivity index (χ1v) is 1.00. The topological polar surface area (TPSA) is 70.0 Å². The summed E-state index contributed by atoms with van der Waals surface area (Å²) in [4.78, 5) is 0. The summed E-state index contributed by atoms with van der Waals surface area (Å²) < 4.78 is 0. The van der Waals surface area contributed by atoms with E-state index in [-0.39, 0.29) is 115 Å². The second-order valence-electron chi connectivity index (χ2n) is 0. The zero-order chi connectivity index (χ0) is 2.00. The molecule has 2 nitrogen and oxygen atoms in total. The van der Waals surface area contributed by atoms with E-state index < -0.39 is 0 Å². The van der Waals surface area contributed by atoms with Gasteiger partial charge >= 0.3 is 0 Å². The van der Waals surface area contributed by atoms with Crippen LogP contribution in [0.4, 0.5) is 0 Å². The van der Waals surface area contributed by atoms with Crippen molar-refractivity contribution in [3.05, 3.63) is 0 Å². The maximum absolute atomic E-state index is 2.00. The molecule has 0 aromatic carbocycles. The molecule has 0 unspecified atom stereocenters. The van der Waals surface area contributed by atoms with Gasteiger partial charge in [0.2, 0.25) is 0 Å². The van der Waals surface area contributed by atoms with Gasteiger partial charge in [0.05, 0.1) is 0 Å². The van der Waals surface area contributed by atoms with E-state index in [1.165, 1.54) is 0 Å². The van der Waals surface area contributed by atoms with E-state index in [1.807, 2.05) is 13.8 Å². The van der Waals surface area contributed by atoms with Gasteiger partial charge < -0.3 is 12.3 Å². The Labute approximate surface area is 127 Å². The molecule has 0 heterocycles. The Hall–Kier alpha value is 2.13. The number of hydrogen-bond acceptors (Lipinski definition) is 2. The van der Waals surface area contributed by atoms with Crippen molar-refractivity contribution in [2.75, 3.05) is 0 Å². The van der Waals surface area contributed by atoms with Crippen LogP contribution in [0.25, 0.3) is 0 Å². The van der Waals surface area contributed by atoms with Crippen molar-refractivity contribution in [3.63, 3.8) is 0 Å². The van der Waals surface area contributed by atoms with Gasteiger partial charge in [-0.2, -0.15) is 0 Å². The molecule has 0 atom stereocenters. The third kappa shape index (κ3) is 275. The van der Waals surface area contributed by atoms with Crippen LogP contribution in [0.2, 0.25) is 0 Å². The summed E-state index contributed by atoms with van der Waals surface area (Å²) in [5.74, 6) is 0. The second-order valence-corrected chi connectivity index (χ2v) is 0. The van der Waals surface area contributed by atoms with Gasteiger partial charge in [0.1, 0.15) is 0 Å². The Morgan fingerprint density at radius 2 is 0.455 bits per heavy atom. The fourth-order valence-corrected chi connectivity index (χ4v) is 0. The molecule has 6 N–H and O–H groups in total. The molecule has 11 heavy (non-hydrogen) atoms. The number of hydrogen-bond donors (Lipinski definition) is 2. The van der Waals surface area contributed by atoms with Crippen LogP contribution >= 0.6 is 0 Å². The van der Waals surface area contributed by atoms with Gasteiger partial charge in [-0.25, -0.2) is 0 Å². The summed E-state index contributed by atoms with van der Waals surface area (Å²) in [7, 11) is 0. The van der Waals surface area contributed by atoms with Crippen LogP contribution in [0.3, 0.4) is 0 Å². The molecule has 76 valence electrons. The van der Waals surface area contributed by atoms with Crippen LogP contribution in [0, 0.1) is 0 Å². The minimum Gasteiger partial charge on any atom is -0.344 e. The Morgan fingerprint density at radius 3 is 0.455 bits per heavy atom. The minimum atomic E-state index is 0. The van der Waals surface area contributed by atoms with Crippen LogP contribution in [0.15, 0.2) is 0 Å². The molecule has 0 saturated carbocycles. The van der Waals surface area contributed by atoms with E-state index in [9.17, 15) is 0 Å². The van der Waals surface area contributed by atoms with E-state index in [2.05, 4.69) is 0 Å². The van der Waals surface area contributed by atoms with Gasteiger partial charge in [0, 0.05) is 65.4 Å². The molecule has 0 spiro atoms. The Morgan fingerprint density at radius 1 is 0.455 bits per heavy atom. The molecule has 2 radical (unpaired) electrons. The molecule has 0 aliphatic carbocycles. The molecular formula is C7H32N2Y2. The Kier molecular flexibility index (Phi) is 5950. The number of rotatable bonds is 0. The van der Waals surface area contributed by atoms with Crippen LogP contribution in [-0.4, -0.2) is 0 Å². The van der Waals surface area contributed by atoms with Crippen molar-refractivity contribution in [1.29, 1.82) is 0 Å². The van der Waals surface area contributed by atoms with Gasteiger partial charge in [0.25, 0.3) is 0 Å². The van der Waals surface area contributed by atoms with E-state index in [4.69, 9.17) is 0 Å². The molecule has 0 fully saturated rings. The van der Waals surface area contributed by atoms with Gasteiger partial charge in [-0.05, 0) is 0 Å². The zero-order valence-corrected chi connectivity index (χ0v) is 10.2. The first kappa shape index (κ1) is 197. The van der Waals surface area contributed by atoms with Crippen molar-refractivity contribution in [1.82, 2.24) is 12.3 Å². The molecule has 0 aromatic heterocycles. The monoisotopic (exact) mass is 322 g/mol. The van der Waals surface area contributed by atoms with E-state index in [0.29, 0.717) is 0 Å². The van der Waals surface area contributed by atoms with E-state index in [0.717, 1.165) is 0 Å². The van der Waals surface area contributed by atoms with Crippen molar-refractivity contribution in [2.45, 2.75) is 51.0 Å². The van der Waals surface area contributed by atoms with Gasteiger partial charge in [0.15, 0.2) is 0 Å². The van der Waals surface area contributed by atoms with Gasteiger partial charge in [-0.3, -0.25) is 0 Å². The standard InChI is InChI=1S/C2H6.5CH4.2H3N.2Y/c1-2;;;;;;;;;/h1-2H3;5*1H4;2*1H3;;. The predicted molar refractivity (Wildman–Crippen MR) is 55.0 cm³/mol. The van der Waals surface area contributed by atoms with Crippen molar-refractivity contribution in [3.8, 4) is 0 Å². The van der Waals surface area contributed by atoms with Crippen LogP contribution in [0.5, 0.6) is 0 Å². The summed E-state index contributed by atoms with van der Waals surface area (Å²) in [5.41, 5.74) is 0. The summed E-state index contributed by atoms with van der Waals surface area (Å²) >= 11 is 0. The molecule has 0 amide bonds. The largest absolute Gasteiger partial charge is 0.344 e. The quantitative estimate of drug-likeness (QED) is 0.688. The first-order chi connectivity index (χ1) is 1.00. The maximum atomic E-state index is 2.00. The maximum Gasteiger partial charge on any atom is 0 e. The summed E-state index contributed by atoms with van der Waals surface area (Å²) in [5, 5.41) is 0. The zero-order valence-electron chi connectivity index (χ0n) is 4.57. The van der Waals surface area contributed by atoms with Gasteiger partial charge in [-0.1, -0.05) is 51.0 Å². The van der Waals surface area contributed by atoms with E-state index >= 15 is 0 Å². The van der Waals surface area contributed by atoms with Gasteiger partial charge in [-0.15, -0.1) is 0 Å². The normalized spacial score (nSPS) is 0.545. The van der Waals surface area contributed by atoms with Crippen molar-refractivity contribution >= 4 is 0 Å². The molecule has 0 aromatic rings. The average molecular weight is 322 g/mol. The SMILES string of the molecule is C.C.C.C.C.CC.N.N.[Y].[Y]. The molecule has 0 aliphatic rings. The third-order valence-electron chi connectivity index (χ3n) is 0. The predicted octanol–water partition coefficient (Wildman–Crippen LogP) is 4.53. The smallest absolute Gasteiger partial charge is 0 e. The van der Waals surface area contributed by atoms with Crippen molar-refractivity contribution in [2.24, 2.45) is 0 Å². The van der Waals surface area contributed by atoms with Crippen LogP contribution in [0.1, 0.15) is 51.0 Å². The molecule has 0 bridgehead atoms. The fraction of sp³-hybridized carbons (Fsp3) is 1.00. The van der Waals surface area contributed by atoms with Crippen LogP contribution < -0.4 is 12.3 Å². The summed E-state index contributed by atoms with van der Waals surface area (Å²) in [6.45, 7) is 4.00. The minimum absolute atomic E-state index is 0. The third-order valence-corrected chi connectivity index (χ3v) is 0. The van der Waals surface area contributed by atoms with Crippen LogP contribution in [-0.2, 0) is 65.4 Å². The first-order valence-electron chi connectivity index (χ1n) is 1.00. The average Bonchev–Trinajstić information content (AvgIpc) is 1.00. The summed E-state index contributed by atoms with van der Waals surface area (Å²) in [6.07, 6.45) is 0. The second kappa shape index (κ2) is 332. The van der Waals surface area contributed by atoms with E-state index in [1.54, 1.807) is 0 Å².